The van der Waals surface area contributed by atoms with Gasteiger partial charge in [-0.15, -0.1) is 0 Å². The van der Waals surface area contributed by atoms with Crippen LogP contribution in [-0.2, 0) is 4.74 Å². The van der Waals surface area contributed by atoms with Gasteiger partial charge in [0.05, 0.1) is 5.60 Å². The van der Waals surface area contributed by atoms with Crippen LogP contribution in [0.4, 0.5) is 0 Å². The molecule has 2 heteroatoms. The Bertz CT molecular complexity index is 191. The number of nitrogens with one attached hydrogen (secondary N) is 1. The summed E-state index contributed by atoms with van der Waals surface area (Å²) in [6.45, 7) is 0. The number of ether oxygens (including phenoxy) is 1. The molecule has 0 spiro atoms. The maximum absolute atomic E-state index is 5.70. The quantitative estimate of drug-likeness (QED) is 0.729. The zero-order valence-corrected chi connectivity index (χ0v) is 10.2. The van der Waals surface area contributed by atoms with Gasteiger partial charge in [0.25, 0.3) is 0 Å². The molecular formula is C13H25NO. The van der Waals surface area contributed by atoms with Crippen molar-refractivity contribution in [2.75, 3.05) is 14.2 Å². The van der Waals surface area contributed by atoms with Crippen molar-refractivity contribution >= 4 is 0 Å². The molecule has 0 saturated heterocycles. The van der Waals surface area contributed by atoms with Gasteiger partial charge in [0.2, 0.25) is 0 Å². The van der Waals surface area contributed by atoms with Gasteiger partial charge in [0, 0.05) is 13.2 Å². The van der Waals surface area contributed by atoms with E-state index in [4.69, 9.17) is 4.74 Å². The molecule has 0 aromatic heterocycles. The third kappa shape index (κ3) is 2.54. The van der Waals surface area contributed by atoms with Crippen LogP contribution in [0.3, 0.4) is 0 Å². The Morgan fingerprint density at radius 2 is 2.07 bits per heavy atom. The second-order valence-corrected chi connectivity index (χ2v) is 5.46. The van der Waals surface area contributed by atoms with Crippen molar-refractivity contribution in [1.82, 2.24) is 5.32 Å². The zero-order valence-electron chi connectivity index (χ0n) is 10.2. The normalized spacial score (nSPS) is 26.8. The van der Waals surface area contributed by atoms with E-state index < -0.39 is 0 Å². The number of hydrogen-bond donors (Lipinski definition) is 1. The molecule has 2 saturated carbocycles. The lowest BCUT2D eigenvalue weighted by atomic mass is 9.72. The molecule has 0 aliphatic heterocycles. The summed E-state index contributed by atoms with van der Waals surface area (Å²) in [5.74, 6) is 0.997. The minimum atomic E-state index is 0.234. The van der Waals surface area contributed by atoms with Gasteiger partial charge in [-0.05, 0) is 45.1 Å². The van der Waals surface area contributed by atoms with Crippen LogP contribution in [0.15, 0.2) is 0 Å². The maximum atomic E-state index is 5.70. The second-order valence-electron chi connectivity index (χ2n) is 5.46. The van der Waals surface area contributed by atoms with Gasteiger partial charge in [-0.1, -0.05) is 19.3 Å². The Labute approximate surface area is 93.8 Å². The highest BCUT2D eigenvalue weighted by molar-refractivity contribution is 4.93. The van der Waals surface area contributed by atoms with Crippen molar-refractivity contribution in [3.63, 3.8) is 0 Å². The first-order chi connectivity index (χ1) is 7.28. The predicted octanol–water partition coefficient (Wildman–Crippen LogP) is 2.72. The molecule has 2 aliphatic carbocycles. The van der Waals surface area contributed by atoms with Crippen LogP contribution in [-0.4, -0.2) is 25.8 Å². The molecule has 15 heavy (non-hydrogen) atoms. The highest BCUT2D eigenvalue weighted by Crippen LogP contribution is 2.40. The van der Waals surface area contributed by atoms with E-state index in [1.807, 2.05) is 7.11 Å². The molecular weight excluding hydrogens is 186 g/mol. The Morgan fingerprint density at radius 3 is 2.40 bits per heavy atom. The topological polar surface area (TPSA) is 21.3 Å². The van der Waals surface area contributed by atoms with E-state index in [0.29, 0.717) is 6.04 Å². The van der Waals surface area contributed by atoms with Crippen molar-refractivity contribution in [1.29, 1.82) is 0 Å². The summed E-state index contributed by atoms with van der Waals surface area (Å²) in [5.41, 5.74) is 0.234. The zero-order chi connectivity index (χ0) is 10.7. The molecule has 0 radical (unpaired) electrons. The first-order valence-electron chi connectivity index (χ1n) is 6.50. The third-order valence-corrected chi connectivity index (χ3v) is 4.57. The fourth-order valence-corrected chi connectivity index (χ4v) is 2.95. The molecule has 1 unspecified atom stereocenters. The van der Waals surface area contributed by atoms with E-state index in [2.05, 4.69) is 12.4 Å². The molecule has 0 amide bonds. The Morgan fingerprint density at radius 1 is 1.33 bits per heavy atom. The van der Waals surface area contributed by atoms with Crippen molar-refractivity contribution < 1.29 is 4.74 Å². The van der Waals surface area contributed by atoms with E-state index in [1.54, 1.807) is 0 Å². The summed E-state index contributed by atoms with van der Waals surface area (Å²) >= 11 is 0. The summed E-state index contributed by atoms with van der Waals surface area (Å²) < 4.78 is 5.70. The fraction of sp³-hybridized carbons (Fsp3) is 1.00. The largest absolute Gasteiger partial charge is 0.378 e. The van der Waals surface area contributed by atoms with E-state index >= 15 is 0 Å². The van der Waals surface area contributed by atoms with Crippen LogP contribution in [0.5, 0.6) is 0 Å². The van der Waals surface area contributed by atoms with Crippen molar-refractivity contribution in [3.05, 3.63) is 0 Å². The highest BCUT2D eigenvalue weighted by atomic mass is 16.5. The number of methoxy groups -OCH3 is 1. The van der Waals surface area contributed by atoms with Crippen molar-refractivity contribution in [3.8, 4) is 0 Å². The van der Waals surface area contributed by atoms with Crippen LogP contribution < -0.4 is 5.32 Å². The maximum Gasteiger partial charge on any atom is 0.0693 e. The lowest BCUT2D eigenvalue weighted by Gasteiger charge is -2.43. The average molecular weight is 211 g/mol. The van der Waals surface area contributed by atoms with Gasteiger partial charge < -0.3 is 10.1 Å². The van der Waals surface area contributed by atoms with Gasteiger partial charge in [-0.25, -0.2) is 0 Å². The standard InChI is InChI=1S/C13H25NO/c1-14-12(9-11-5-3-6-11)10-13(15-2)7-4-8-13/h11-12,14H,3-10H2,1-2H3. The lowest BCUT2D eigenvalue weighted by Crippen LogP contribution is -2.46. The summed E-state index contributed by atoms with van der Waals surface area (Å²) in [6.07, 6.45) is 10.8. The lowest BCUT2D eigenvalue weighted by molar-refractivity contribution is -0.0847. The summed E-state index contributed by atoms with van der Waals surface area (Å²) in [5, 5.41) is 3.48. The van der Waals surface area contributed by atoms with Gasteiger partial charge in [0.1, 0.15) is 0 Å². The van der Waals surface area contributed by atoms with E-state index in [9.17, 15) is 0 Å². The van der Waals surface area contributed by atoms with Crippen molar-refractivity contribution in [2.24, 2.45) is 5.92 Å². The van der Waals surface area contributed by atoms with Gasteiger partial charge >= 0.3 is 0 Å². The monoisotopic (exact) mass is 211 g/mol. The molecule has 0 aromatic rings. The van der Waals surface area contributed by atoms with E-state index in [-0.39, 0.29) is 5.60 Å². The van der Waals surface area contributed by atoms with E-state index in [1.165, 1.54) is 51.4 Å². The van der Waals surface area contributed by atoms with Gasteiger partial charge in [-0.2, -0.15) is 0 Å². The van der Waals surface area contributed by atoms with Gasteiger partial charge in [0.15, 0.2) is 0 Å². The molecule has 0 heterocycles. The van der Waals surface area contributed by atoms with Crippen LogP contribution >= 0.6 is 0 Å². The van der Waals surface area contributed by atoms with Gasteiger partial charge in [-0.3, -0.25) is 0 Å². The first-order valence-corrected chi connectivity index (χ1v) is 6.50. The second kappa shape index (κ2) is 4.84. The Kier molecular flexibility index (Phi) is 3.68. The molecule has 0 aromatic carbocycles. The molecule has 2 fully saturated rings. The first kappa shape index (κ1) is 11.4. The molecule has 88 valence electrons. The summed E-state index contributed by atoms with van der Waals surface area (Å²) in [6, 6.07) is 0.676. The smallest absolute Gasteiger partial charge is 0.0693 e. The van der Waals surface area contributed by atoms with Crippen LogP contribution in [0.1, 0.15) is 51.4 Å². The molecule has 0 bridgehead atoms. The van der Waals surface area contributed by atoms with Crippen LogP contribution in [0.2, 0.25) is 0 Å². The summed E-state index contributed by atoms with van der Waals surface area (Å²) in [7, 11) is 3.99. The average Bonchev–Trinajstić information content (AvgIpc) is 2.13. The van der Waals surface area contributed by atoms with Crippen LogP contribution in [0, 0.1) is 5.92 Å². The molecule has 1 N–H and O–H groups in total. The minimum absolute atomic E-state index is 0.234. The predicted molar refractivity (Wildman–Crippen MR) is 63.0 cm³/mol. The van der Waals surface area contributed by atoms with Crippen LogP contribution in [0.25, 0.3) is 0 Å². The highest BCUT2D eigenvalue weighted by Gasteiger charge is 2.39. The number of rotatable bonds is 6. The molecule has 2 rings (SSSR count). The SMILES string of the molecule is CNC(CC1CCC1)CC1(OC)CCC1. The Balaban J connectivity index is 1.78. The Hall–Kier alpha value is -0.0800. The summed E-state index contributed by atoms with van der Waals surface area (Å²) in [4.78, 5) is 0. The number of hydrogen-bond acceptors (Lipinski definition) is 2. The minimum Gasteiger partial charge on any atom is -0.378 e. The molecule has 2 nitrogen and oxygen atoms in total. The molecule has 2 aliphatic rings. The van der Waals surface area contributed by atoms with E-state index in [0.717, 1.165) is 5.92 Å². The fourth-order valence-electron chi connectivity index (χ4n) is 2.95. The molecule has 1 atom stereocenters. The van der Waals surface area contributed by atoms with Crippen molar-refractivity contribution in [2.45, 2.75) is 63.0 Å². The third-order valence-electron chi connectivity index (χ3n) is 4.57.